The highest BCUT2D eigenvalue weighted by Crippen LogP contribution is 2.36. The predicted octanol–water partition coefficient (Wildman–Crippen LogP) is 5.77. The van der Waals surface area contributed by atoms with Gasteiger partial charge in [-0.1, -0.05) is 33.6 Å². The number of aliphatic imine (C=N–C) groups is 1. The molecule has 0 aliphatic carbocycles. The van der Waals surface area contributed by atoms with Gasteiger partial charge in [0.05, 0.1) is 15.1 Å². The van der Waals surface area contributed by atoms with Crippen molar-refractivity contribution in [2.24, 2.45) is 4.99 Å². The summed E-state index contributed by atoms with van der Waals surface area (Å²) >= 11 is 14.0. The van der Waals surface area contributed by atoms with E-state index in [1.165, 1.54) is 11.8 Å². The van der Waals surface area contributed by atoms with Crippen molar-refractivity contribution in [1.29, 1.82) is 0 Å². The Labute approximate surface area is 170 Å². The largest absolute Gasteiger partial charge is 0.506 e. The van der Waals surface area contributed by atoms with Gasteiger partial charge < -0.3 is 10.4 Å². The molecule has 0 saturated carbocycles. The third kappa shape index (κ3) is 4.11. The molecule has 1 amide bonds. The zero-order valence-corrected chi connectivity index (χ0v) is 17.6. The molecule has 3 rings (SSSR count). The number of aromatic hydroxyl groups is 1. The average molecular weight is 503 g/mol. The van der Waals surface area contributed by atoms with E-state index in [0.29, 0.717) is 30.8 Å². The highest BCUT2D eigenvalue weighted by Gasteiger charge is 2.24. The summed E-state index contributed by atoms with van der Waals surface area (Å²) in [5.74, 6) is -0.195. The second-order valence-electron chi connectivity index (χ2n) is 5.19. The van der Waals surface area contributed by atoms with E-state index >= 15 is 0 Å². The fraction of sp³-hybridized carbons (Fsp3) is 0.0588. The van der Waals surface area contributed by atoms with Crippen LogP contribution in [-0.2, 0) is 4.79 Å². The molecule has 25 heavy (non-hydrogen) atoms. The summed E-state index contributed by atoms with van der Waals surface area (Å²) < 4.78 is 1.33. The number of phenolic OH excluding ortho intramolecular Hbond substituents is 1. The van der Waals surface area contributed by atoms with E-state index in [1.54, 1.807) is 24.3 Å². The second kappa shape index (κ2) is 7.53. The standard InChI is InChI=1S/C17H11Br2ClN2O2S/c1-8-12(20)3-2-4-13(8)21-17-22-16(24)14(25-17)6-9-5-10(18)7-11(19)15(9)23/h2-7,23H,1H3,(H,21,22,24)/b14-6+. The lowest BCUT2D eigenvalue weighted by molar-refractivity contribution is -0.115. The first-order chi connectivity index (χ1) is 11.8. The molecule has 1 heterocycles. The number of nitrogens with zero attached hydrogens (tertiary/aromatic N) is 1. The first-order valence-electron chi connectivity index (χ1n) is 7.08. The third-order valence-corrected chi connectivity index (χ3v) is 5.84. The Kier molecular flexibility index (Phi) is 5.58. The van der Waals surface area contributed by atoms with Crippen molar-refractivity contribution in [1.82, 2.24) is 5.32 Å². The molecule has 128 valence electrons. The molecule has 1 aliphatic rings. The summed E-state index contributed by atoms with van der Waals surface area (Å²) in [6, 6.07) is 8.90. The van der Waals surface area contributed by atoms with Crippen LogP contribution in [0.1, 0.15) is 11.1 Å². The molecule has 1 saturated heterocycles. The Balaban J connectivity index is 1.93. The lowest BCUT2D eigenvalue weighted by atomic mass is 10.2. The summed E-state index contributed by atoms with van der Waals surface area (Å²) in [6.07, 6.45) is 1.62. The minimum absolute atomic E-state index is 0.0696. The summed E-state index contributed by atoms with van der Waals surface area (Å²) in [5, 5.41) is 14.0. The number of benzene rings is 2. The van der Waals surface area contributed by atoms with Crippen LogP contribution in [-0.4, -0.2) is 16.2 Å². The molecule has 2 aromatic carbocycles. The topological polar surface area (TPSA) is 61.7 Å². The van der Waals surface area contributed by atoms with E-state index in [9.17, 15) is 9.90 Å². The van der Waals surface area contributed by atoms with E-state index in [2.05, 4.69) is 42.2 Å². The number of carbonyl (C=O) groups excluding carboxylic acids is 1. The van der Waals surface area contributed by atoms with E-state index in [-0.39, 0.29) is 11.7 Å². The summed E-state index contributed by atoms with van der Waals surface area (Å²) in [4.78, 5) is 17.1. The Morgan fingerprint density at radius 3 is 2.84 bits per heavy atom. The number of hydrogen-bond acceptors (Lipinski definition) is 4. The first-order valence-corrected chi connectivity index (χ1v) is 9.86. The first kappa shape index (κ1) is 18.5. The van der Waals surface area contributed by atoms with Crippen LogP contribution in [0.15, 0.2) is 49.2 Å². The Morgan fingerprint density at radius 1 is 1.32 bits per heavy atom. The SMILES string of the molecule is Cc1c(Cl)cccc1N=C1NC(=O)/C(=C\c2cc(Br)cc(Br)c2O)S1. The van der Waals surface area contributed by atoms with Crippen molar-refractivity contribution >= 4 is 78.1 Å². The highest BCUT2D eigenvalue weighted by atomic mass is 79.9. The maximum atomic E-state index is 12.2. The number of hydrogen-bond donors (Lipinski definition) is 2. The van der Waals surface area contributed by atoms with Gasteiger partial charge in [-0.2, -0.15) is 0 Å². The van der Waals surface area contributed by atoms with Gasteiger partial charge in [-0.15, -0.1) is 0 Å². The predicted molar refractivity (Wildman–Crippen MR) is 111 cm³/mol. The second-order valence-corrected chi connectivity index (χ2v) is 8.40. The van der Waals surface area contributed by atoms with E-state index < -0.39 is 0 Å². The van der Waals surface area contributed by atoms with E-state index in [0.717, 1.165) is 10.0 Å². The molecular weight excluding hydrogens is 492 g/mol. The van der Waals surface area contributed by atoms with E-state index in [1.807, 2.05) is 19.1 Å². The number of nitrogens with one attached hydrogen (secondary N) is 1. The van der Waals surface area contributed by atoms with Crippen LogP contribution in [0.4, 0.5) is 5.69 Å². The zero-order valence-electron chi connectivity index (χ0n) is 12.8. The molecule has 0 aromatic heterocycles. The molecule has 0 bridgehead atoms. The Hall–Kier alpha value is -1.28. The molecule has 1 aliphatic heterocycles. The van der Waals surface area contributed by atoms with Crippen LogP contribution in [0, 0.1) is 6.92 Å². The van der Waals surface area contributed by atoms with Crippen molar-refractivity contribution in [2.45, 2.75) is 6.92 Å². The van der Waals surface area contributed by atoms with Gasteiger partial charge in [0.1, 0.15) is 5.75 Å². The smallest absolute Gasteiger partial charge is 0.264 e. The lowest BCUT2D eigenvalue weighted by Gasteiger charge is -2.04. The van der Waals surface area contributed by atoms with Crippen molar-refractivity contribution in [2.75, 3.05) is 0 Å². The van der Waals surface area contributed by atoms with Crippen LogP contribution in [0.5, 0.6) is 5.75 Å². The number of rotatable bonds is 2. The summed E-state index contributed by atoms with van der Waals surface area (Å²) in [5.41, 5.74) is 2.07. The van der Waals surface area contributed by atoms with Crippen LogP contribution in [0.3, 0.4) is 0 Å². The number of amides is 1. The van der Waals surface area contributed by atoms with Gasteiger partial charge in [0.15, 0.2) is 5.17 Å². The molecule has 8 heteroatoms. The summed E-state index contributed by atoms with van der Waals surface area (Å²) in [6.45, 7) is 1.87. The van der Waals surface area contributed by atoms with Gasteiger partial charge in [0.2, 0.25) is 0 Å². The monoisotopic (exact) mass is 500 g/mol. The van der Waals surface area contributed by atoms with Crippen molar-refractivity contribution in [3.8, 4) is 5.75 Å². The minimum atomic E-state index is -0.265. The quantitative estimate of drug-likeness (QED) is 0.513. The van der Waals surface area contributed by atoms with Crippen LogP contribution in [0.2, 0.25) is 5.02 Å². The molecular formula is C17H11Br2ClN2O2S. The van der Waals surface area contributed by atoms with Crippen LogP contribution < -0.4 is 5.32 Å². The Bertz CT molecular complexity index is 944. The van der Waals surface area contributed by atoms with Gasteiger partial charge in [0.25, 0.3) is 5.91 Å². The average Bonchev–Trinajstić information content (AvgIpc) is 2.88. The van der Waals surface area contributed by atoms with Gasteiger partial charge in [-0.3, -0.25) is 4.79 Å². The molecule has 0 spiro atoms. The van der Waals surface area contributed by atoms with Gasteiger partial charge in [-0.05, 0) is 70.5 Å². The normalized spacial score (nSPS) is 17.4. The van der Waals surface area contributed by atoms with E-state index in [4.69, 9.17) is 11.6 Å². The molecule has 2 N–H and O–H groups in total. The molecule has 0 atom stereocenters. The number of carbonyl (C=O) groups is 1. The Morgan fingerprint density at radius 2 is 2.08 bits per heavy atom. The maximum Gasteiger partial charge on any atom is 0.264 e. The third-order valence-electron chi connectivity index (χ3n) is 3.46. The fourth-order valence-corrected chi connectivity index (χ4v) is 4.40. The molecule has 4 nitrogen and oxygen atoms in total. The number of thioether (sulfide) groups is 1. The minimum Gasteiger partial charge on any atom is -0.506 e. The summed E-state index contributed by atoms with van der Waals surface area (Å²) in [7, 11) is 0. The lowest BCUT2D eigenvalue weighted by Crippen LogP contribution is -2.19. The molecule has 1 fully saturated rings. The number of amidine groups is 1. The van der Waals surface area contributed by atoms with Gasteiger partial charge in [-0.25, -0.2) is 4.99 Å². The van der Waals surface area contributed by atoms with Gasteiger partial charge in [0, 0.05) is 15.1 Å². The van der Waals surface area contributed by atoms with Gasteiger partial charge >= 0.3 is 0 Å². The highest BCUT2D eigenvalue weighted by molar-refractivity contribution is 9.11. The molecule has 2 aromatic rings. The van der Waals surface area contributed by atoms with Crippen molar-refractivity contribution in [3.05, 3.63) is 60.3 Å². The maximum absolute atomic E-state index is 12.2. The number of phenols is 1. The van der Waals surface area contributed by atoms with Crippen LogP contribution in [0.25, 0.3) is 6.08 Å². The number of halogens is 3. The van der Waals surface area contributed by atoms with Crippen molar-refractivity contribution in [3.63, 3.8) is 0 Å². The molecule has 0 unspecified atom stereocenters. The van der Waals surface area contributed by atoms with Crippen LogP contribution >= 0.6 is 55.2 Å². The zero-order chi connectivity index (χ0) is 18.1. The fourth-order valence-electron chi connectivity index (χ4n) is 2.14. The molecule has 0 radical (unpaired) electrons. The van der Waals surface area contributed by atoms with Crippen molar-refractivity contribution < 1.29 is 9.90 Å².